The van der Waals surface area contributed by atoms with Gasteiger partial charge >= 0.3 is 5.97 Å². The number of hydrogen-bond acceptors (Lipinski definition) is 5. The first-order valence-corrected chi connectivity index (χ1v) is 11.4. The van der Waals surface area contributed by atoms with E-state index in [0.29, 0.717) is 0 Å². The molecule has 0 saturated carbocycles. The van der Waals surface area contributed by atoms with Crippen molar-refractivity contribution < 1.29 is 22.7 Å². The largest absolute Gasteiger partial charge is 0.449 e. The lowest BCUT2D eigenvalue weighted by molar-refractivity contribution is -0.129. The molecule has 0 aromatic heterocycles. The highest BCUT2D eigenvalue weighted by Crippen LogP contribution is 2.19. The summed E-state index contributed by atoms with van der Waals surface area (Å²) in [4.78, 5) is 25.0. The zero-order valence-corrected chi connectivity index (χ0v) is 18.2. The Bertz CT molecular complexity index is 961. The van der Waals surface area contributed by atoms with Crippen molar-refractivity contribution >= 4 is 21.9 Å². The molecule has 2 atom stereocenters. The minimum Gasteiger partial charge on any atom is -0.449 e. The molecule has 0 aliphatic carbocycles. The van der Waals surface area contributed by atoms with Crippen LogP contribution >= 0.6 is 0 Å². The molecule has 2 aromatic carbocycles. The summed E-state index contributed by atoms with van der Waals surface area (Å²) in [5, 5.41) is 2.92. The van der Waals surface area contributed by atoms with Crippen molar-refractivity contribution in [2.75, 3.05) is 6.54 Å². The van der Waals surface area contributed by atoms with E-state index >= 15 is 0 Å². The van der Waals surface area contributed by atoms with Crippen LogP contribution in [0.1, 0.15) is 55.6 Å². The van der Waals surface area contributed by atoms with Crippen LogP contribution in [0.2, 0.25) is 0 Å². The molecule has 2 unspecified atom stereocenters. The molecule has 0 saturated heterocycles. The fraction of sp³-hybridized carbons (Fsp3) is 0.364. The maximum Gasteiger partial charge on any atom is 0.338 e. The average molecular weight is 433 g/mol. The van der Waals surface area contributed by atoms with Crippen molar-refractivity contribution in [1.29, 1.82) is 0 Å². The number of carbonyl (C=O) groups excluding carboxylic acids is 2. The van der Waals surface area contributed by atoms with Crippen molar-refractivity contribution in [3.63, 3.8) is 0 Å². The van der Waals surface area contributed by atoms with Crippen LogP contribution in [0.3, 0.4) is 0 Å². The number of benzene rings is 2. The van der Waals surface area contributed by atoms with Gasteiger partial charge in [-0.2, -0.15) is 0 Å². The molecule has 2 aromatic rings. The van der Waals surface area contributed by atoms with E-state index in [1.54, 1.807) is 6.92 Å². The summed E-state index contributed by atoms with van der Waals surface area (Å²) in [6.45, 7) is 5.41. The van der Waals surface area contributed by atoms with E-state index < -0.39 is 28.0 Å². The molecular formula is C22H28N2O5S. The van der Waals surface area contributed by atoms with E-state index in [-0.39, 0.29) is 23.0 Å². The highest BCUT2D eigenvalue weighted by Gasteiger charge is 2.23. The second-order valence-electron chi connectivity index (χ2n) is 6.84. The standard InChI is InChI=1S/C22H28N2O5S/c1-4-10-20(17-11-7-6-8-12-17)24-21(25)16(3)29-22(26)18-13-9-14-19(15-18)30(27,28)23-5-2/h6-9,11-16,20,23H,4-5,10H2,1-3H3,(H,24,25). The van der Waals surface area contributed by atoms with Crippen LogP contribution in [0.25, 0.3) is 0 Å². The molecule has 30 heavy (non-hydrogen) atoms. The first kappa shape index (κ1) is 23.6. The Hall–Kier alpha value is -2.71. The zero-order valence-electron chi connectivity index (χ0n) is 17.4. The highest BCUT2D eigenvalue weighted by atomic mass is 32.2. The molecule has 0 fully saturated rings. The summed E-state index contributed by atoms with van der Waals surface area (Å²) >= 11 is 0. The number of sulfonamides is 1. The van der Waals surface area contributed by atoms with Crippen molar-refractivity contribution in [1.82, 2.24) is 10.0 Å². The Balaban J connectivity index is 2.07. The summed E-state index contributed by atoms with van der Waals surface area (Å²) in [5.41, 5.74) is 1.04. The highest BCUT2D eigenvalue weighted by molar-refractivity contribution is 7.89. The van der Waals surface area contributed by atoms with Gasteiger partial charge in [-0.3, -0.25) is 4.79 Å². The first-order chi connectivity index (χ1) is 14.3. The Morgan fingerprint density at radius 3 is 2.37 bits per heavy atom. The van der Waals surface area contributed by atoms with Crippen molar-refractivity contribution in [3.8, 4) is 0 Å². The monoisotopic (exact) mass is 432 g/mol. The average Bonchev–Trinajstić information content (AvgIpc) is 2.74. The third-order valence-corrected chi connectivity index (χ3v) is 6.01. The molecule has 8 heteroatoms. The minimum absolute atomic E-state index is 0.0389. The van der Waals surface area contributed by atoms with Gasteiger partial charge in [0.15, 0.2) is 6.10 Å². The number of ether oxygens (including phenoxy) is 1. The molecule has 0 heterocycles. The van der Waals surface area contributed by atoms with Crippen LogP contribution in [-0.4, -0.2) is 32.9 Å². The van der Waals surface area contributed by atoms with Crippen LogP contribution in [-0.2, 0) is 19.6 Å². The fourth-order valence-corrected chi connectivity index (χ4v) is 4.02. The smallest absolute Gasteiger partial charge is 0.338 e. The molecule has 7 nitrogen and oxygen atoms in total. The Morgan fingerprint density at radius 2 is 1.73 bits per heavy atom. The molecule has 162 valence electrons. The molecule has 2 N–H and O–H groups in total. The van der Waals surface area contributed by atoms with Gasteiger partial charge in [0.05, 0.1) is 16.5 Å². The van der Waals surface area contributed by atoms with E-state index in [1.807, 2.05) is 37.3 Å². The van der Waals surface area contributed by atoms with E-state index in [1.165, 1.54) is 31.2 Å². The SMILES string of the molecule is CCCC(NC(=O)C(C)OC(=O)c1cccc(S(=O)(=O)NCC)c1)c1ccccc1. The molecule has 0 spiro atoms. The topological polar surface area (TPSA) is 102 Å². The second kappa shape index (κ2) is 10.9. The second-order valence-corrected chi connectivity index (χ2v) is 8.60. The summed E-state index contributed by atoms with van der Waals surface area (Å²) < 4.78 is 31.9. The summed E-state index contributed by atoms with van der Waals surface area (Å²) in [6, 6.07) is 14.9. The number of esters is 1. The van der Waals surface area contributed by atoms with Gasteiger partial charge in [-0.15, -0.1) is 0 Å². The fourth-order valence-electron chi connectivity index (χ4n) is 2.93. The third kappa shape index (κ3) is 6.40. The van der Waals surface area contributed by atoms with Gasteiger partial charge in [-0.1, -0.05) is 56.7 Å². The summed E-state index contributed by atoms with van der Waals surface area (Å²) in [5.74, 6) is -1.18. The van der Waals surface area contributed by atoms with Crippen LogP contribution in [0.15, 0.2) is 59.5 Å². The van der Waals surface area contributed by atoms with E-state index in [0.717, 1.165) is 18.4 Å². The number of nitrogens with one attached hydrogen (secondary N) is 2. The number of amides is 1. The maximum absolute atomic E-state index is 12.6. The third-order valence-electron chi connectivity index (χ3n) is 4.46. The lowest BCUT2D eigenvalue weighted by Crippen LogP contribution is -2.38. The first-order valence-electron chi connectivity index (χ1n) is 9.94. The Morgan fingerprint density at radius 1 is 1.03 bits per heavy atom. The number of hydrogen-bond donors (Lipinski definition) is 2. The molecule has 0 bridgehead atoms. The lowest BCUT2D eigenvalue weighted by atomic mass is 10.0. The van der Waals surface area contributed by atoms with E-state index in [9.17, 15) is 18.0 Å². The normalized spacial score (nSPS) is 13.3. The van der Waals surface area contributed by atoms with Gasteiger partial charge in [-0.25, -0.2) is 17.9 Å². The van der Waals surface area contributed by atoms with Crippen molar-refractivity contribution in [2.24, 2.45) is 0 Å². The summed E-state index contributed by atoms with van der Waals surface area (Å²) in [7, 11) is -3.70. The van der Waals surface area contributed by atoms with E-state index in [4.69, 9.17) is 4.74 Å². The van der Waals surface area contributed by atoms with Crippen LogP contribution in [0.4, 0.5) is 0 Å². The van der Waals surface area contributed by atoms with Crippen LogP contribution < -0.4 is 10.0 Å². The van der Waals surface area contributed by atoms with Gasteiger partial charge in [0.25, 0.3) is 5.91 Å². The molecular weight excluding hydrogens is 404 g/mol. The zero-order chi connectivity index (χ0) is 22.1. The van der Waals surface area contributed by atoms with Crippen LogP contribution in [0.5, 0.6) is 0 Å². The van der Waals surface area contributed by atoms with Crippen LogP contribution in [0, 0.1) is 0 Å². The van der Waals surface area contributed by atoms with Gasteiger partial charge in [0, 0.05) is 6.54 Å². The molecule has 0 aliphatic rings. The van der Waals surface area contributed by atoms with Crippen molar-refractivity contribution in [3.05, 3.63) is 65.7 Å². The molecule has 1 amide bonds. The number of carbonyl (C=O) groups is 2. The van der Waals surface area contributed by atoms with Gasteiger partial charge in [0.1, 0.15) is 0 Å². The van der Waals surface area contributed by atoms with E-state index in [2.05, 4.69) is 10.0 Å². The lowest BCUT2D eigenvalue weighted by Gasteiger charge is -2.21. The van der Waals surface area contributed by atoms with Crippen molar-refractivity contribution in [2.45, 2.75) is 50.7 Å². The van der Waals surface area contributed by atoms with Gasteiger partial charge < -0.3 is 10.1 Å². The predicted octanol–water partition coefficient (Wildman–Crippen LogP) is 3.19. The number of rotatable bonds is 10. The molecule has 2 rings (SSSR count). The van der Waals surface area contributed by atoms with Gasteiger partial charge in [-0.05, 0) is 37.1 Å². The minimum atomic E-state index is -3.70. The quantitative estimate of drug-likeness (QED) is 0.562. The molecule has 0 aliphatic heterocycles. The Kier molecular flexibility index (Phi) is 8.56. The summed E-state index contributed by atoms with van der Waals surface area (Å²) in [6.07, 6.45) is 0.594. The maximum atomic E-state index is 12.6. The Labute approximate surface area is 177 Å². The van der Waals surface area contributed by atoms with Gasteiger partial charge in [0.2, 0.25) is 10.0 Å². The predicted molar refractivity (Wildman–Crippen MR) is 114 cm³/mol. The molecule has 0 radical (unpaired) electrons.